The first-order valence-electron chi connectivity index (χ1n) is 4.44. The number of Topliss-reactive ketones (excluding diaryl/α,β-unsaturated/α-hetero) is 1. The van der Waals surface area contributed by atoms with Gasteiger partial charge in [0.05, 0.1) is 12.7 Å². The number of aryl methyl sites for hydroxylation is 1. The molecular weight excluding hydrogens is 166 g/mol. The van der Waals surface area contributed by atoms with Crippen LogP contribution in [0.5, 0.6) is 0 Å². The molecule has 1 aromatic rings. The van der Waals surface area contributed by atoms with Crippen LogP contribution in [0.1, 0.15) is 12.5 Å². The second-order valence-electron chi connectivity index (χ2n) is 2.95. The van der Waals surface area contributed by atoms with Gasteiger partial charge >= 0.3 is 0 Å². The molecule has 0 bridgehead atoms. The first-order valence-corrected chi connectivity index (χ1v) is 4.44. The average molecular weight is 181 g/mol. The lowest BCUT2D eigenvalue weighted by molar-refractivity contribution is -0.117. The van der Waals surface area contributed by atoms with Crippen LogP contribution in [0.15, 0.2) is 12.4 Å². The molecule has 1 N–H and O–H groups in total. The standard InChI is InChI=1S/C9H15N3O/c1-3-12-7-8(5-11-12)4-9(13)6-10-2/h5,7,10H,3-4,6H2,1-2H3. The van der Waals surface area contributed by atoms with Gasteiger partial charge in [0.15, 0.2) is 5.78 Å². The van der Waals surface area contributed by atoms with Crippen molar-refractivity contribution < 1.29 is 4.79 Å². The zero-order valence-electron chi connectivity index (χ0n) is 8.08. The molecule has 0 aliphatic rings. The Bertz CT molecular complexity index is 280. The van der Waals surface area contributed by atoms with Crippen molar-refractivity contribution in [2.75, 3.05) is 13.6 Å². The predicted octanol–water partition coefficient (Wildman–Crippen LogP) is 0.234. The van der Waals surface area contributed by atoms with Gasteiger partial charge in [0.1, 0.15) is 0 Å². The minimum atomic E-state index is 0.193. The second kappa shape index (κ2) is 4.77. The van der Waals surface area contributed by atoms with E-state index in [1.54, 1.807) is 13.2 Å². The molecule has 1 aromatic heterocycles. The van der Waals surface area contributed by atoms with E-state index >= 15 is 0 Å². The van der Waals surface area contributed by atoms with E-state index in [1.165, 1.54) is 0 Å². The Morgan fingerprint density at radius 2 is 2.46 bits per heavy atom. The predicted molar refractivity (Wildman–Crippen MR) is 50.5 cm³/mol. The van der Waals surface area contributed by atoms with Crippen molar-refractivity contribution in [3.05, 3.63) is 18.0 Å². The average Bonchev–Trinajstić information content (AvgIpc) is 2.52. The van der Waals surface area contributed by atoms with Crippen LogP contribution in [-0.2, 0) is 17.8 Å². The first kappa shape index (κ1) is 9.92. The molecule has 1 heterocycles. The molecule has 0 aromatic carbocycles. The van der Waals surface area contributed by atoms with Crippen LogP contribution in [0.25, 0.3) is 0 Å². The zero-order valence-corrected chi connectivity index (χ0v) is 8.08. The van der Waals surface area contributed by atoms with Crippen LogP contribution in [-0.4, -0.2) is 29.2 Å². The summed E-state index contributed by atoms with van der Waals surface area (Å²) in [5.74, 6) is 0.193. The molecule has 0 spiro atoms. The molecule has 0 atom stereocenters. The van der Waals surface area contributed by atoms with E-state index in [9.17, 15) is 4.79 Å². The number of nitrogens with zero attached hydrogens (tertiary/aromatic N) is 2. The number of aromatic nitrogens is 2. The van der Waals surface area contributed by atoms with E-state index < -0.39 is 0 Å². The highest BCUT2D eigenvalue weighted by molar-refractivity contribution is 5.82. The van der Waals surface area contributed by atoms with E-state index in [0.29, 0.717) is 13.0 Å². The summed E-state index contributed by atoms with van der Waals surface area (Å²) in [5.41, 5.74) is 0.988. The molecule has 72 valence electrons. The fourth-order valence-corrected chi connectivity index (χ4v) is 1.16. The Morgan fingerprint density at radius 3 is 3.00 bits per heavy atom. The molecule has 0 amide bonds. The molecular formula is C9H15N3O. The summed E-state index contributed by atoms with van der Waals surface area (Å²) >= 11 is 0. The molecule has 0 saturated carbocycles. The number of hydrogen-bond acceptors (Lipinski definition) is 3. The summed E-state index contributed by atoms with van der Waals surface area (Å²) in [6, 6.07) is 0. The lowest BCUT2D eigenvalue weighted by Gasteiger charge is -1.96. The molecule has 4 nitrogen and oxygen atoms in total. The van der Waals surface area contributed by atoms with Crippen molar-refractivity contribution in [1.82, 2.24) is 15.1 Å². The highest BCUT2D eigenvalue weighted by Gasteiger charge is 2.03. The van der Waals surface area contributed by atoms with Gasteiger partial charge in [-0.25, -0.2) is 0 Å². The monoisotopic (exact) mass is 181 g/mol. The van der Waals surface area contributed by atoms with Crippen molar-refractivity contribution in [2.45, 2.75) is 19.9 Å². The maximum Gasteiger partial charge on any atom is 0.151 e. The fourth-order valence-electron chi connectivity index (χ4n) is 1.16. The zero-order chi connectivity index (χ0) is 9.68. The Balaban J connectivity index is 2.49. The summed E-state index contributed by atoms with van der Waals surface area (Å²) in [7, 11) is 1.77. The van der Waals surface area contributed by atoms with Crippen molar-refractivity contribution in [1.29, 1.82) is 0 Å². The number of likely N-dealkylation sites (N-methyl/N-ethyl adjacent to an activating group) is 1. The lowest BCUT2D eigenvalue weighted by Crippen LogP contribution is -2.19. The number of ketones is 1. The van der Waals surface area contributed by atoms with Crippen LogP contribution < -0.4 is 5.32 Å². The first-order chi connectivity index (χ1) is 6.26. The molecule has 0 fully saturated rings. The Morgan fingerprint density at radius 1 is 1.69 bits per heavy atom. The van der Waals surface area contributed by atoms with Crippen molar-refractivity contribution in [3.8, 4) is 0 Å². The number of hydrogen-bond donors (Lipinski definition) is 1. The van der Waals surface area contributed by atoms with E-state index in [2.05, 4.69) is 10.4 Å². The van der Waals surface area contributed by atoms with E-state index in [4.69, 9.17) is 0 Å². The molecule has 13 heavy (non-hydrogen) atoms. The number of nitrogens with one attached hydrogen (secondary N) is 1. The topological polar surface area (TPSA) is 46.9 Å². The third-order valence-electron chi connectivity index (χ3n) is 1.79. The van der Waals surface area contributed by atoms with Crippen LogP contribution in [0.4, 0.5) is 0 Å². The summed E-state index contributed by atoms with van der Waals surface area (Å²) in [6.45, 7) is 3.30. The van der Waals surface area contributed by atoms with Crippen molar-refractivity contribution >= 4 is 5.78 Å². The van der Waals surface area contributed by atoms with Crippen LogP contribution in [0, 0.1) is 0 Å². The van der Waals surface area contributed by atoms with Gasteiger partial charge in [-0.3, -0.25) is 9.48 Å². The third-order valence-corrected chi connectivity index (χ3v) is 1.79. The Labute approximate surface area is 77.9 Å². The second-order valence-corrected chi connectivity index (χ2v) is 2.95. The third kappa shape index (κ3) is 2.99. The SMILES string of the molecule is CCn1cc(CC(=O)CNC)cn1. The van der Waals surface area contributed by atoms with Gasteiger partial charge in [0, 0.05) is 19.2 Å². The summed E-state index contributed by atoms with van der Waals surface area (Å²) in [4.78, 5) is 11.2. The Kier molecular flexibility index (Phi) is 3.64. The number of carbonyl (C=O) groups is 1. The van der Waals surface area contributed by atoms with Gasteiger partial charge in [-0.05, 0) is 19.5 Å². The van der Waals surface area contributed by atoms with Crippen LogP contribution in [0.2, 0.25) is 0 Å². The van der Waals surface area contributed by atoms with Crippen molar-refractivity contribution in [3.63, 3.8) is 0 Å². The molecule has 0 unspecified atom stereocenters. The van der Waals surface area contributed by atoms with Crippen molar-refractivity contribution in [2.24, 2.45) is 0 Å². The summed E-state index contributed by atoms with van der Waals surface area (Å²) < 4.78 is 1.82. The quantitative estimate of drug-likeness (QED) is 0.707. The number of carbonyl (C=O) groups excluding carboxylic acids is 1. The molecule has 0 radical (unpaired) electrons. The van der Waals surface area contributed by atoms with E-state index in [-0.39, 0.29) is 5.78 Å². The summed E-state index contributed by atoms with van der Waals surface area (Å²) in [6.07, 6.45) is 4.13. The largest absolute Gasteiger partial charge is 0.313 e. The van der Waals surface area contributed by atoms with Gasteiger partial charge in [0.25, 0.3) is 0 Å². The molecule has 0 saturated heterocycles. The number of rotatable bonds is 5. The van der Waals surface area contributed by atoms with Gasteiger partial charge in [0.2, 0.25) is 0 Å². The Hall–Kier alpha value is -1.16. The molecule has 0 aliphatic carbocycles. The lowest BCUT2D eigenvalue weighted by atomic mass is 10.2. The smallest absolute Gasteiger partial charge is 0.151 e. The maximum absolute atomic E-state index is 11.2. The van der Waals surface area contributed by atoms with Crippen LogP contribution in [0.3, 0.4) is 0 Å². The van der Waals surface area contributed by atoms with Gasteiger partial charge < -0.3 is 5.32 Å². The van der Waals surface area contributed by atoms with Gasteiger partial charge in [-0.15, -0.1) is 0 Å². The fraction of sp³-hybridized carbons (Fsp3) is 0.556. The molecule has 0 aliphatic heterocycles. The molecule has 1 rings (SSSR count). The highest BCUT2D eigenvalue weighted by atomic mass is 16.1. The highest BCUT2D eigenvalue weighted by Crippen LogP contribution is 1.99. The van der Waals surface area contributed by atoms with Gasteiger partial charge in [-0.2, -0.15) is 5.10 Å². The minimum Gasteiger partial charge on any atom is -0.313 e. The normalized spacial score (nSPS) is 10.3. The maximum atomic E-state index is 11.2. The van der Waals surface area contributed by atoms with Gasteiger partial charge in [-0.1, -0.05) is 0 Å². The minimum absolute atomic E-state index is 0.193. The molecule has 4 heteroatoms. The van der Waals surface area contributed by atoms with E-state index in [1.807, 2.05) is 17.8 Å². The van der Waals surface area contributed by atoms with E-state index in [0.717, 1.165) is 12.1 Å². The summed E-state index contributed by atoms with van der Waals surface area (Å²) in [5, 5.41) is 6.92. The van der Waals surface area contributed by atoms with Crippen LogP contribution >= 0.6 is 0 Å².